The molecule has 300 valence electrons. The van der Waals surface area contributed by atoms with Crippen LogP contribution in [0.2, 0.25) is 0 Å². The number of hydrogen-bond donors (Lipinski definition) is 0. The fraction of sp³-hybridized carbons (Fsp3) is 0. The van der Waals surface area contributed by atoms with Crippen molar-refractivity contribution in [2.24, 2.45) is 0 Å². The van der Waals surface area contributed by atoms with Crippen LogP contribution in [0.1, 0.15) is 0 Å². The van der Waals surface area contributed by atoms with Crippen molar-refractivity contribution in [3.8, 4) is 0 Å². The molecule has 0 amide bonds. The van der Waals surface area contributed by atoms with E-state index >= 15 is 0 Å². The van der Waals surface area contributed by atoms with Gasteiger partial charge in [-0.05, 0) is 108 Å². The fourth-order valence-electron chi connectivity index (χ4n) is 10.0. The smallest absolute Gasteiger partial charge is 0.137 e. The van der Waals surface area contributed by atoms with Gasteiger partial charge in [-0.3, -0.25) is 0 Å². The monoisotopic (exact) mass is 854 g/mol. The lowest BCUT2D eigenvalue weighted by Gasteiger charge is -2.26. The summed E-state index contributed by atoms with van der Waals surface area (Å²) in [6.45, 7) is 0. The molecule has 4 heterocycles. The molecule has 0 N–H and O–H groups in total. The molecule has 0 aliphatic heterocycles. The minimum Gasteiger partial charge on any atom is -0.456 e. The van der Waals surface area contributed by atoms with Crippen molar-refractivity contribution in [1.29, 1.82) is 0 Å². The predicted molar refractivity (Wildman–Crippen MR) is 274 cm³/mol. The van der Waals surface area contributed by atoms with Crippen LogP contribution in [0.15, 0.2) is 215 Å². The van der Waals surface area contributed by atoms with Crippen molar-refractivity contribution in [3.63, 3.8) is 0 Å². The van der Waals surface area contributed by atoms with Gasteiger partial charge in [-0.2, -0.15) is 0 Å². The van der Waals surface area contributed by atoms with Crippen LogP contribution in [0, 0.1) is 0 Å². The Bertz CT molecular complexity index is 3890. The largest absolute Gasteiger partial charge is 0.456 e. The Morgan fingerprint density at radius 3 is 1.16 bits per heavy atom. The molecule has 64 heavy (non-hydrogen) atoms. The van der Waals surface area contributed by atoms with E-state index in [1.165, 1.54) is 40.3 Å². The van der Waals surface area contributed by atoms with Crippen LogP contribution in [0.3, 0.4) is 0 Å². The van der Waals surface area contributed by atoms with Crippen molar-refractivity contribution in [2.45, 2.75) is 0 Å². The van der Waals surface area contributed by atoms with Gasteiger partial charge in [0.25, 0.3) is 0 Å². The van der Waals surface area contributed by atoms with Gasteiger partial charge in [0, 0.05) is 87.4 Å². The number of anilines is 6. The van der Waals surface area contributed by atoms with E-state index in [0.29, 0.717) is 0 Å². The summed E-state index contributed by atoms with van der Waals surface area (Å²) >= 11 is 3.69. The molecule has 0 fully saturated rings. The molecule has 0 bridgehead atoms. The number of benzene rings is 10. The number of nitrogens with zero attached hydrogens (tertiary/aromatic N) is 2. The predicted octanol–water partition coefficient (Wildman–Crippen LogP) is 18.3. The number of para-hydroxylation sites is 2. The van der Waals surface area contributed by atoms with Crippen molar-refractivity contribution < 1.29 is 8.83 Å². The molecule has 0 unspecified atom stereocenters. The summed E-state index contributed by atoms with van der Waals surface area (Å²) in [5.74, 6) is 0. The first-order valence-corrected chi connectivity index (χ1v) is 23.1. The molecule has 14 rings (SSSR count). The Labute approximate surface area is 374 Å². The van der Waals surface area contributed by atoms with E-state index in [1.807, 2.05) is 22.7 Å². The zero-order valence-corrected chi connectivity index (χ0v) is 35.8. The third kappa shape index (κ3) is 5.27. The van der Waals surface area contributed by atoms with E-state index in [2.05, 4.69) is 216 Å². The molecular formula is C58H34N2O2S2. The molecule has 0 radical (unpaired) electrons. The van der Waals surface area contributed by atoms with Gasteiger partial charge in [-0.1, -0.05) is 97.1 Å². The van der Waals surface area contributed by atoms with Crippen molar-refractivity contribution in [1.82, 2.24) is 0 Å². The molecule has 14 aromatic rings. The quantitative estimate of drug-likeness (QED) is 0.167. The van der Waals surface area contributed by atoms with E-state index in [9.17, 15) is 0 Å². The van der Waals surface area contributed by atoms with E-state index in [4.69, 9.17) is 8.83 Å². The minimum absolute atomic E-state index is 0.848. The van der Waals surface area contributed by atoms with Crippen LogP contribution < -0.4 is 9.80 Å². The molecular weight excluding hydrogens is 821 g/mol. The van der Waals surface area contributed by atoms with Crippen LogP contribution in [0.4, 0.5) is 34.1 Å². The van der Waals surface area contributed by atoms with Crippen LogP contribution >= 0.6 is 22.7 Å². The summed E-state index contributed by atoms with van der Waals surface area (Å²) in [4.78, 5) is 4.72. The van der Waals surface area contributed by atoms with Crippen LogP contribution in [0.25, 0.3) is 95.0 Å². The van der Waals surface area contributed by atoms with E-state index in [1.54, 1.807) is 0 Å². The number of hydrogen-bond acceptors (Lipinski definition) is 6. The number of fused-ring (bicyclic) bond motifs is 15. The average Bonchev–Trinajstić information content (AvgIpc) is 4.13. The standard InChI is InChI=1S/C58H34N2O2S2/c1-3-13-35(14-4-1)59(47-21-11-19-43-39-17-7-9-23-53(39)63-57(43)47)37-25-27-45-51(33-37)61-49-31-29-42-41(55(45)49)30-32-50-56(42)46-28-26-38(34-52(46)62-50)60(36-15-5-2-6-16-36)48-22-12-20-44-40-18-8-10-24-54(40)64-58(44)48/h1-34H. The lowest BCUT2D eigenvalue weighted by Crippen LogP contribution is -2.09. The molecule has 4 nitrogen and oxygen atoms in total. The normalized spacial score (nSPS) is 12.1. The van der Waals surface area contributed by atoms with Gasteiger partial charge < -0.3 is 18.6 Å². The fourth-order valence-corrected chi connectivity index (χ4v) is 12.4. The molecule has 10 aromatic carbocycles. The third-order valence-corrected chi connectivity index (χ3v) is 15.2. The second-order valence-corrected chi connectivity index (χ2v) is 18.5. The molecule has 0 aliphatic carbocycles. The van der Waals surface area contributed by atoms with E-state index < -0.39 is 0 Å². The Balaban J connectivity index is 0.918. The summed E-state index contributed by atoms with van der Waals surface area (Å²) in [7, 11) is 0. The first-order chi connectivity index (χ1) is 31.7. The Kier molecular flexibility index (Phi) is 7.69. The van der Waals surface area contributed by atoms with Gasteiger partial charge in [0.2, 0.25) is 0 Å². The minimum atomic E-state index is 0.848. The summed E-state index contributed by atoms with van der Waals surface area (Å²) in [5, 5.41) is 11.8. The molecule has 0 atom stereocenters. The maximum atomic E-state index is 6.76. The highest BCUT2D eigenvalue weighted by atomic mass is 32.1. The lowest BCUT2D eigenvalue weighted by molar-refractivity contribution is 0.668. The maximum absolute atomic E-state index is 6.76. The summed E-state index contributed by atoms with van der Waals surface area (Å²) < 4.78 is 18.6. The van der Waals surface area contributed by atoms with Gasteiger partial charge in [0.15, 0.2) is 0 Å². The van der Waals surface area contributed by atoms with Gasteiger partial charge in [0.05, 0.1) is 20.8 Å². The first kappa shape index (κ1) is 35.7. The summed E-state index contributed by atoms with van der Waals surface area (Å²) in [6, 6.07) is 73.9. The third-order valence-electron chi connectivity index (χ3n) is 12.8. The summed E-state index contributed by atoms with van der Waals surface area (Å²) in [6.07, 6.45) is 0. The van der Waals surface area contributed by atoms with E-state index in [-0.39, 0.29) is 0 Å². The lowest BCUT2D eigenvalue weighted by atomic mass is 9.99. The Hall–Kier alpha value is -7.90. The number of rotatable bonds is 6. The molecule has 4 aromatic heterocycles. The maximum Gasteiger partial charge on any atom is 0.137 e. The van der Waals surface area contributed by atoms with Gasteiger partial charge in [-0.25, -0.2) is 0 Å². The highest BCUT2D eigenvalue weighted by Crippen LogP contribution is 2.49. The Morgan fingerprint density at radius 2 is 0.688 bits per heavy atom. The first-order valence-electron chi connectivity index (χ1n) is 21.5. The number of thiophene rings is 2. The second-order valence-electron chi connectivity index (χ2n) is 16.4. The highest BCUT2D eigenvalue weighted by Gasteiger charge is 2.23. The van der Waals surface area contributed by atoms with Crippen LogP contribution in [-0.4, -0.2) is 0 Å². The molecule has 0 aliphatic rings. The summed E-state index contributed by atoms with van der Waals surface area (Å²) in [5.41, 5.74) is 9.98. The molecule has 0 saturated carbocycles. The highest BCUT2D eigenvalue weighted by molar-refractivity contribution is 7.26. The van der Waals surface area contributed by atoms with Crippen molar-refractivity contribution in [2.75, 3.05) is 9.80 Å². The zero-order chi connectivity index (χ0) is 41.9. The van der Waals surface area contributed by atoms with Crippen molar-refractivity contribution >= 4 is 152 Å². The molecule has 6 heteroatoms. The second kappa shape index (κ2) is 13.8. The van der Waals surface area contributed by atoms with Crippen LogP contribution in [-0.2, 0) is 0 Å². The van der Waals surface area contributed by atoms with E-state index in [0.717, 1.165) is 88.8 Å². The zero-order valence-electron chi connectivity index (χ0n) is 34.2. The van der Waals surface area contributed by atoms with Crippen LogP contribution in [0.5, 0.6) is 0 Å². The molecule has 0 spiro atoms. The van der Waals surface area contributed by atoms with Gasteiger partial charge in [0.1, 0.15) is 22.3 Å². The topological polar surface area (TPSA) is 32.8 Å². The molecule has 0 saturated heterocycles. The van der Waals surface area contributed by atoms with Gasteiger partial charge >= 0.3 is 0 Å². The Morgan fingerprint density at radius 1 is 0.281 bits per heavy atom. The SMILES string of the molecule is c1ccc(N(c2ccc3c(c2)oc2ccc4c(ccc5oc6cc(N(c7ccccc7)c7cccc8c7sc7ccccc78)ccc6c54)c23)c2cccc3c2sc2ccccc23)cc1. The average molecular weight is 855 g/mol. The van der Waals surface area contributed by atoms with Crippen molar-refractivity contribution in [3.05, 3.63) is 206 Å². The van der Waals surface area contributed by atoms with Gasteiger partial charge in [-0.15, -0.1) is 22.7 Å². The number of furan rings is 2.